The van der Waals surface area contributed by atoms with Crippen LogP contribution in [0.1, 0.15) is 22.3 Å². The molecule has 0 amide bonds. The van der Waals surface area contributed by atoms with Crippen LogP contribution in [0, 0.1) is 13.8 Å². The molecule has 0 aliphatic carbocycles. The normalized spacial score (nSPS) is 11.3. The van der Waals surface area contributed by atoms with Crippen LogP contribution < -0.4 is 0 Å². The van der Waals surface area contributed by atoms with Crippen LogP contribution >= 0.6 is 0 Å². The Hall–Kier alpha value is -2.62. The van der Waals surface area contributed by atoms with Crippen molar-refractivity contribution in [2.75, 3.05) is 20.8 Å². The number of benzene rings is 2. The fourth-order valence-electron chi connectivity index (χ4n) is 2.00. The van der Waals surface area contributed by atoms with Gasteiger partial charge in [0.05, 0.1) is 12.4 Å². The molecule has 2 aromatic carbocycles. The summed E-state index contributed by atoms with van der Waals surface area (Å²) in [6.07, 6.45) is 3.72. The molecule has 0 aromatic heterocycles. The first-order valence-electron chi connectivity index (χ1n) is 7.66. The molecule has 0 bridgehead atoms. The Balaban J connectivity index is 1.85. The summed E-state index contributed by atoms with van der Waals surface area (Å²) in [5.74, 6) is 0. The van der Waals surface area contributed by atoms with E-state index in [0.717, 1.165) is 11.1 Å². The molecule has 0 atom stereocenters. The first-order chi connectivity index (χ1) is 11.0. The van der Waals surface area contributed by atoms with Gasteiger partial charge in [0.25, 0.3) is 0 Å². The average molecular weight is 308 g/mol. The molecule has 2 rings (SSSR count). The lowest BCUT2D eigenvalue weighted by Gasteiger charge is -2.19. The minimum Gasteiger partial charge on any atom is -0.279 e. The van der Waals surface area contributed by atoms with Gasteiger partial charge in [0, 0.05) is 14.1 Å². The second-order valence-corrected chi connectivity index (χ2v) is 5.77. The van der Waals surface area contributed by atoms with Gasteiger partial charge in [-0.1, -0.05) is 59.7 Å². The molecule has 4 heteroatoms. The minimum atomic E-state index is 0.616. The van der Waals surface area contributed by atoms with Crippen LogP contribution in [0.4, 0.5) is 0 Å². The Morgan fingerprint density at radius 1 is 0.696 bits per heavy atom. The Morgan fingerprint density at radius 3 is 1.39 bits per heavy atom. The highest BCUT2D eigenvalue weighted by molar-refractivity contribution is 5.79. The first-order valence-corrected chi connectivity index (χ1v) is 7.66. The van der Waals surface area contributed by atoms with Gasteiger partial charge in [0.15, 0.2) is 0 Å². The van der Waals surface area contributed by atoms with Gasteiger partial charge in [-0.25, -0.2) is 0 Å². The lowest BCUT2D eigenvalue weighted by atomic mass is 10.2. The van der Waals surface area contributed by atoms with Gasteiger partial charge in [-0.05, 0) is 25.0 Å². The van der Waals surface area contributed by atoms with Gasteiger partial charge in [-0.3, -0.25) is 10.0 Å². The van der Waals surface area contributed by atoms with E-state index in [1.807, 2.05) is 36.5 Å². The van der Waals surface area contributed by atoms with Crippen LogP contribution in [-0.4, -0.2) is 43.2 Å². The summed E-state index contributed by atoms with van der Waals surface area (Å²) in [7, 11) is 3.87. The standard InChI is InChI=1S/C19H24N4/c1-16-5-9-18(10-6-16)13-20-22(3)15-23(4)21-14-19-11-7-17(2)8-12-19/h5-14H,15H2,1-4H3/b20-13-,21-14+. The summed E-state index contributed by atoms with van der Waals surface area (Å²) in [4.78, 5) is 0. The molecular formula is C19H24N4. The van der Waals surface area contributed by atoms with Crippen molar-refractivity contribution < 1.29 is 0 Å². The van der Waals surface area contributed by atoms with Gasteiger partial charge in [-0.2, -0.15) is 10.2 Å². The van der Waals surface area contributed by atoms with Gasteiger partial charge in [-0.15, -0.1) is 0 Å². The predicted octanol–water partition coefficient (Wildman–Crippen LogP) is 3.49. The Labute approximate surface area is 138 Å². The van der Waals surface area contributed by atoms with Crippen molar-refractivity contribution in [1.29, 1.82) is 0 Å². The van der Waals surface area contributed by atoms with Crippen molar-refractivity contribution in [3.63, 3.8) is 0 Å². The number of hydrogen-bond donors (Lipinski definition) is 0. The molecule has 0 saturated heterocycles. The lowest BCUT2D eigenvalue weighted by Crippen LogP contribution is -2.26. The Kier molecular flexibility index (Phi) is 5.92. The zero-order chi connectivity index (χ0) is 16.7. The molecule has 120 valence electrons. The van der Waals surface area contributed by atoms with Crippen LogP contribution in [0.5, 0.6) is 0 Å². The van der Waals surface area contributed by atoms with Crippen molar-refractivity contribution in [2.24, 2.45) is 10.2 Å². The third kappa shape index (κ3) is 5.94. The van der Waals surface area contributed by atoms with E-state index in [-0.39, 0.29) is 0 Å². The smallest absolute Gasteiger partial charge is 0.122 e. The predicted molar refractivity (Wildman–Crippen MR) is 97.9 cm³/mol. The maximum Gasteiger partial charge on any atom is 0.122 e. The van der Waals surface area contributed by atoms with Crippen molar-refractivity contribution in [3.8, 4) is 0 Å². The van der Waals surface area contributed by atoms with Crippen LogP contribution in [0.15, 0.2) is 58.7 Å². The highest BCUT2D eigenvalue weighted by Crippen LogP contribution is 2.02. The number of hydrazone groups is 2. The molecule has 23 heavy (non-hydrogen) atoms. The van der Waals surface area contributed by atoms with Crippen LogP contribution in [-0.2, 0) is 0 Å². The topological polar surface area (TPSA) is 31.2 Å². The SMILES string of the molecule is Cc1ccc(/C=N\N(C)CN(C)/N=C/c2ccc(C)cc2)cc1. The average Bonchev–Trinajstić information content (AvgIpc) is 2.54. The molecule has 0 heterocycles. The zero-order valence-electron chi connectivity index (χ0n) is 14.3. The Morgan fingerprint density at radius 2 is 1.04 bits per heavy atom. The second-order valence-electron chi connectivity index (χ2n) is 5.77. The van der Waals surface area contributed by atoms with E-state index in [2.05, 4.69) is 72.6 Å². The lowest BCUT2D eigenvalue weighted by molar-refractivity contribution is 0.196. The largest absolute Gasteiger partial charge is 0.279 e. The molecule has 0 fully saturated rings. The third-order valence-corrected chi connectivity index (χ3v) is 3.37. The van der Waals surface area contributed by atoms with E-state index in [9.17, 15) is 0 Å². The number of hydrogen-bond acceptors (Lipinski definition) is 4. The molecule has 4 nitrogen and oxygen atoms in total. The number of aryl methyl sites for hydroxylation is 2. The monoisotopic (exact) mass is 308 g/mol. The summed E-state index contributed by atoms with van der Waals surface area (Å²) in [6.45, 7) is 4.77. The van der Waals surface area contributed by atoms with Gasteiger partial charge >= 0.3 is 0 Å². The van der Waals surface area contributed by atoms with E-state index < -0.39 is 0 Å². The molecule has 2 aromatic rings. The highest BCUT2D eigenvalue weighted by Gasteiger charge is 1.97. The summed E-state index contributed by atoms with van der Waals surface area (Å²) in [5, 5.41) is 12.6. The molecule has 0 saturated carbocycles. The number of rotatable bonds is 6. The van der Waals surface area contributed by atoms with E-state index in [1.54, 1.807) is 0 Å². The quantitative estimate of drug-likeness (QED) is 0.465. The zero-order valence-corrected chi connectivity index (χ0v) is 14.3. The van der Waals surface area contributed by atoms with Gasteiger partial charge in [0.2, 0.25) is 0 Å². The molecule has 0 aliphatic rings. The molecule has 0 aliphatic heterocycles. The molecule has 0 radical (unpaired) electrons. The maximum atomic E-state index is 4.42. The fraction of sp³-hybridized carbons (Fsp3) is 0.263. The van der Waals surface area contributed by atoms with Crippen molar-refractivity contribution in [1.82, 2.24) is 10.0 Å². The van der Waals surface area contributed by atoms with E-state index >= 15 is 0 Å². The summed E-state index contributed by atoms with van der Waals surface area (Å²) >= 11 is 0. The van der Waals surface area contributed by atoms with E-state index in [0.29, 0.717) is 6.67 Å². The van der Waals surface area contributed by atoms with Crippen LogP contribution in [0.25, 0.3) is 0 Å². The minimum absolute atomic E-state index is 0.616. The van der Waals surface area contributed by atoms with E-state index in [1.165, 1.54) is 11.1 Å². The summed E-state index contributed by atoms with van der Waals surface area (Å²) in [6, 6.07) is 16.6. The number of nitrogens with zero attached hydrogens (tertiary/aromatic N) is 4. The van der Waals surface area contributed by atoms with Crippen molar-refractivity contribution in [2.45, 2.75) is 13.8 Å². The third-order valence-electron chi connectivity index (χ3n) is 3.37. The molecule has 0 N–H and O–H groups in total. The first kappa shape index (κ1) is 16.7. The van der Waals surface area contributed by atoms with E-state index in [4.69, 9.17) is 0 Å². The van der Waals surface area contributed by atoms with Crippen molar-refractivity contribution >= 4 is 12.4 Å². The summed E-state index contributed by atoms with van der Waals surface area (Å²) in [5.41, 5.74) is 4.68. The highest BCUT2D eigenvalue weighted by atomic mass is 15.6. The maximum absolute atomic E-state index is 4.42. The Bertz CT molecular complexity index is 597. The van der Waals surface area contributed by atoms with Crippen molar-refractivity contribution in [3.05, 3.63) is 70.8 Å². The summed E-state index contributed by atoms with van der Waals surface area (Å²) < 4.78 is 0. The van der Waals surface area contributed by atoms with Gasteiger partial charge < -0.3 is 0 Å². The molecular weight excluding hydrogens is 284 g/mol. The van der Waals surface area contributed by atoms with Gasteiger partial charge in [0.1, 0.15) is 6.67 Å². The molecule has 0 spiro atoms. The molecule has 0 unspecified atom stereocenters. The fourth-order valence-corrected chi connectivity index (χ4v) is 2.00. The van der Waals surface area contributed by atoms with Crippen LogP contribution in [0.3, 0.4) is 0 Å². The van der Waals surface area contributed by atoms with Crippen LogP contribution in [0.2, 0.25) is 0 Å². The second kappa shape index (κ2) is 8.13.